The average Bonchev–Trinajstić information content (AvgIpc) is 2.42. The molecule has 0 N–H and O–H groups in total. The summed E-state index contributed by atoms with van der Waals surface area (Å²) in [6.45, 7) is 9.70. The molecule has 0 aromatic rings. The van der Waals surface area contributed by atoms with Crippen LogP contribution in [0.3, 0.4) is 0 Å². The van der Waals surface area contributed by atoms with Gasteiger partial charge in [-0.05, 0) is 12.8 Å². The molecule has 0 spiro atoms. The molecular formula is C20H44ClP. The Morgan fingerprint density at radius 3 is 1.00 bits per heavy atom. The molecule has 0 aromatic carbocycles. The molecule has 0 aromatic heterocycles. The highest BCUT2D eigenvalue weighted by molar-refractivity contribution is 7.73. The van der Waals surface area contributed by atoms with Crippen molar-refractivity contribution in [1.82, 2.24) is 0 Å². The number of hydrogen-bond donors (Lipinski definition) is 0. The largest absolute Gasteiger partial charge is 1.00 e. The lowest BCUT2D eigenvalue weighted by atomic mass is 10.0. The molecule has 136 valence electrons. The lowest BCUT2D eigenvalue weighted by Gasteiger charge is -2.10. The van der Waals surface area contributed by atoms with E-state index in [2.05, 4.69) is 26.9 Å². The molecule has 0 unspecified atom stereocenters. The molecule has 0 radical (unpaired) electrons. The van der Waals surface area contributed by atoms with E-state index in [-0.39, 0.29) is 12.4 Å². The van der Waals surface area contributed by atoms with Crippen molar-refractivity contribution in [2.75, 3.05) is 26.2 Å². The summed E-state index contributed by atoms with van der Waals surface area (Å²) in [6.07, 6.45) is 23.6. The van der Waals surface area contributed by atoms with Crippen LogP contribution in [0.5, 0.6) is 0 Å². The van der Waals surface area contributed by atoms with Gasteiger partial charge in [0, 0.05) is 27.3 Å². The van der Waals surface area contributed by atoms with Gasteiger partial charge < -0.3 is 12.4 Å². The van der Waals surface area contributed by atoms with Gasteiger partial charge in [0.15, 0.2) is 0 Å². The van der Waals surface area contributed by atoms with E-state index in [1.165, 1.54) is 102 Å². The van der Waals surface area contributed by atoms with E-state index in [4.69, 9.17) is 0 Å². The molecule has 0 rings (SSSR count). The van der Waals surface area contributed by atoms with Crippen molar-refractivity contribution in [3.05, 3.63) is 0 Å². The maximum Gasteiger partial charge on any atom is 0.0586 e. The second kappa shape index (κ2) is 18.1. The summed E-state index contributed by atoms with van der Waals surface area (Å²) in [4.78, 5) is 0. The summed E-state index contributed by atoms with van der Waals surface area (Å²) < 4.78 is 0. The highest BCUT2D eigenvalue weighted by Gasteiger charge is 2.15. The predicted octanol–water partition coefficient (Wildman–Crippen LogP) is 4.77. The fraction of sp³-hybridized carbons (Fsp3) is 1.00. The van der Waals surface area contributed by atoms with Crippen molar-refractivity contribution in [2.45, 2.75) is 103 Å². The molecular weight excluding hydrogens is 307 g/mol. The Morgan fingerprint density at radius 2 is 0.727 bits per heavy atom. The highest BCUT2D eigenvalue weighted by Crippen LogP contribution is 2.47. The van der Waals surface area contributed by atoms with Gasteiger partial charge in [-0.3, -0.25) is 0 Å². The lowest BCUT2D eigenvalue weighted by Crippen LogP contribution is -3.00. The van der Waals surface area contributed by atoms with E-state index in [0.717, 1.165) is 0 Å². The third-order valence-electron chi connectivity index (χ3n) is 4.43. The first-order chi connectivity index (χ1) is 10.1. The minimum atomic E-state index is -0.502. The minimum Gasteiger partial charge on any atom is -1.00 e. The Kier molecular flexibility index (Phi) is 20.5. The molecule has 2 heteroatoms. The van der Waals surface area contributed by atoms with Gasteiger partial charge in [0.05, 0.1) is 6.16 Å². The molecule has 0 aliphatic rings. The highest BCUT2D eigenvalue weighted by atomic mass is 35.5. The standard InChI is InChI=1S/C20H44P.ClH/c1-5-6-7-8-9-10-11-12-13-14-15-16-17-18-19-20-21(2,3)4;/h5-20H2,1-4H3;1H/q+1;/p-1. The van der Waals surface area contributed by atoms with Crippen LogP contribution in [-0.4, -0.2) is 26.2 Å². The van der Waals surface area contributed by atoms with Crippen LogP contribution >= 0.6 is 7.26 Å². The number of hydrogen-bond acceptors (Lipinski definition) is 0. The lowest BCUT2D eigenvalue weighted by molar-refractivity contribution is -0.00000499. The van der Waals surface area contributed by atoms with E-state index >= 15 is 0 Å². The molecule has 22 heavy (non-hydrogen) atoms. The van der Waals surface area contributed by atoms with E-state index in [9.17, 15) is 0 Å². The van der Waals surface area contributed by atoms with Crippen LogP contribution in [0.2, 0.25) is 0 Å². The number of halogens is 1. The van der Waals surface area contributed by atoms with Gasteiger partial charge in [0.25, 0.3) is 0 Å². The SMILES string of the molecule is CCCCCCCCCCCCCCCCC[P+](C)(C)C.[Cl-]. The summed E-state index contributed by atoms with van der Waals surface area (Å²) in [7, 11) is -0.502. The van der Waals surface area contributed by atoms with Crippen LogP contribution < -0.4 is 12.4 Å². The van der Waals surface area contributed by atoms with Gasteiger partial charge in [0.2, 0.25) is 0 Å². The van der Waals surface area contributed by atoms with Crippen LogP contribution in [0.15, 0.2) is 0 Å². The molecule has 0 saturated carbocycles. The molecule has 0 nitrogen and oxygen atoms in total. The van der Waals surface area contributed by atoms with Gasteiger partial charge in [-0.25, -0.2) is 0 Å². The second-order valence-electron chi connectivity index (χ2n) is 7.96. The number of rotatable bonds is 16. The van der Waals surface area contributed by atoms with Crippen LogP contribution in [0.25, 0.3) is 0 Å². The molecule has 0 saturated heterocycles. The van der Waals surface area contributed by atoms with Crippen molar-refractivity contribution >= 4 is 7.26 Å². The van der Waals surface area contributed by atoms with Crippen LogP contribution in [0.1, 0.15) is 103 Å². The van der Waals surface area contributed by atoms with Crippen molar-refractivity contribution in [3.8, 4) is 0 Å². The third-order valence-corrected chi connectivity index (χ3v) is 6.09. The quantitative estimate of drug-likeness (QED) is 0.278. The predicted molar refractivity (Wildman–Crippen MR) is 104 cm³/mol. The zero-order chi connectivity index (χ0) is 15.8. The Hall–Kier alpha value is 0.720. The van der Waals surface area contributed by atoms with Gasteiger partial charge in [0.1, 0.15) is 0 Å². The van der Waals surface area contributed by atoms with Crippen molar-refractivity contribution in [3.63, 3.8) is 0 Å². The fourth-order valence-corrected chi connectivity index (χ4v) is 4.13. The maximum atomic E-state index is 2.47. The van der Waals surface area contributed by atoms with Gasteiger partial charge in [-0.15, -0.1) is 0 Å². The Balaban J connectivity index is 0. The topological polar surface area (TPSA) is 0 Å². The summed E-state index contributed by atoms with van der Waals surface area (Å²) in [5.41, 5.74) is 0. The van der Waals surface area contributed by atoms with Gasteiger partial charge >= 0.3 is 0 Å². The molecule has 0 amide bonds. The maximum absolute atomic E-state index is 2.47. The summed E-state index contributed by atoms with van der Waals surface area (Å²) >= 11 is 0. The first-order valence-electron chi connectivity index (χ1n) is 9.86. The Bertz CT molecular complexity index is 198. The van der Waals surface area contributed by atoms with Gasteiger partial charge in [-0.2, -0.15) is 0 Å². The summed E-state index contributed by atoms with van der Waals surface area (Å²) in [6, 6.07) is 0. The third kappa shape index (κ3) is 23.0. The summed E-state index contributed by atoms with van der Waals surface area (Å²) in [5.74, 6) is 0. The van der Waals surface area contributed by atoms with Crippen molar-refractivity contribution in [2.24, 2.45) is 0 Å². The first kappa shape index (κ1) is 25.0. The first-order valence-corrected chi connectivity index (χ1v) is 13.2. The second-order valence-corrected chi connectivity index (χ2v) is 13.0. The molecule has 0 heterocycles. The van der Waals surface area contributed by atoms with Crippen molar-refractivity contribution in [1.29, 1.82) is 0 Å². The summed E-state index contributed by atoms with van der Waals surface area (Å²) in [5, 5.41) is 0. The van der Waals surface area contributed by atoms with E-state index in [1.807, 2.05) is 0 Å². The molecule has 0 aliphatic carbocycles. The molecule has 0 bridgehead atoms. The van der Waals surface area contributed by atoms with Crippen LogP contribution in [-0.2, 0) is 0 Å². The fourth-order valence-electron chi connectivity index (χ4n) is 2.96. The van der Waals surface area contributed by atoms with Crippen LogP contribution in [0.4, 0.5) is 0 Å². The van der Waals surface area contributed by atoms with Crippen molar-refractivity contribution < 1.29 is 12.4 Å². The zero-order valence-electron chi connectivity index (χ0n) is 16.1. The minimum absolute atomic E-state index is 0. The van der Waals surface area contributed by atoms with Crippen LogP contribution in [0, 0.1) is 0 Å². The molecule has 0 atom stereocenters. The molecule has 0 aliphatic heterocycles. The van der Waals surface area contributed by atoms with E-state index in [0.29, 0.717) is 0 Å². The van der Waals surface area contributed by atoms with Gasteiger partial charge in [-0.1, -0.05) is 90.4 Å². The monoisotopic (exact) mass is 350 g/mol. The smallest absolute Gasteiger partial charge is 0.0586 e. The van der Waals surface area contributed by atoms with E-state index in [1.54, 1.807) is 0 Å². The Morgan fingerprint density at radius 1 is 0.455 bits per heavy atom. The zero-order valence-corrected chi connectivity index (χ0v) is 17.8. The Labute approximate surface area is 149 Å². The average molecular weight is 351 g/mol. The normalized spacial score (nSPS) is 11.5. The number of unbranched alkanes of at least 4 members (excludes halogenated alkanes) is 14. The molecule has 0 fully saturated rings. The van der Waals surface area contributed by atoms with E-state index < -0.39 is 7.26 Å².